The van der Waals surface area contributed by atoms with Crippen LogP contribution in [0.1, 0.15) is 5.56 Å². The summed E-state index contributed by atoms with van der Waals surface area (Å²) in [7, 11) is 0. The quantitative estimate of drug-likeness (QED) is 0.867. The Labute approximate surface area is 105 Å². The van der Waals surface area contributed by atoms with Crippen LogP contribution in [0.3, 0.4) is 0 Å². The van der Waals surface area contributed by atoms with E-state index in [4.69, 9.17) is 5.73 Å². The molecule has 0 amide bonds. The van der Waals surface area contributed by atoms with Crippen molar-refractivity contribution in [1.82, 2.24) is 9.97 Å². The third-order valence-electron chi connectivity index (χ3n) is 2.22. The van der Waals surface area contributed by atoms with Gasteiger partial charge < -0.3 is 5.73 Å². The van der Waals surface area contributed by atoms with Crippen molar-refractivity contribution in [3.63, 3.8) is 0 Å². The van der Waals surface area contributed by atoms with E-state index in [1.165, 1.54) is 6.07 Å². The molecule has 0 saturated carbocycles. The first-order valence-corrected chi connectivity index (χ1v) is 5.57. The number of rotatable bonds is 2. The zero-order chi connectivity index (χ0) is 12.4. The van der Waals surface area contributed by atoms with Gasteiger partial charge in [-0.15, -0.1) is 0 Å². The highest BCUT2D eigenvalue weighted by Gasteiger charge is 2.14. The van der Waals surface area contributed by atoms with Crippen LogP contribution in [0.5, 0.6) is 0 Å². The molecule has 88 valence electrons. The van der Waals surface area contributed by atoms with E-state index in [0.717, 1.165) is 11.6 Å². The minimum Gasteiger partial charge on any atom is -0.326 e. The van der Waals surface area contributed by atoms with Crippen molar-refractivity contribution in [3.8, 4) is 11.4 Å². The molecule has 1 heterocycles. The lowest BCUT2D eigenvalue weighted by molar-refractivity contribution is 0.504. The van der Waals surface area contributed by atoms with E-state index >= 15 is 0 Å². The fraction of sp³-hybridized carbons (Fsp3) is 0.0909. The Morgan fingerprint density at radius 2 is 1.82 bits per heavy atom. The average Bonchev–Trinajstić information content (AvgIpc) is 2.36. The van der Waals surface area contributed by atoms with Gasteiger partial charge in [-0.1, -0.05) is 0 Å². The molecule has 0 bridgehead atoms. The second kappa shape index (κ2) is 4.85. The summed E-state index contributed by atoms with van der Waals surface area (Å²) >= 11 is 2.98. The maximum absolute atomic E-state index is 13.3. The number of hydrogen-bond donors (Lipinski definition) is 1. The van der Waals surface area contributed by atoms with Crippen LogP contribution < -0.4 is 5.73 Å². The molecule has 0 spiro atoms. The first-order chi connectivity index (χ1) is 8.13. The summed E-state index contributed by atoms with van der Waals surface area (Å²) in [6, 6.07) is 2.45. The summed E-state index contributed by atoms with van der Waals surface area (Å²) in [6.45, 7) is 0.333. The van der Waals surface area contributed by atoms with Crippen molar-refractivity contribution in [2.45, 2.75) is 6.54 Å². The lowest BCUT2D eigenvalue weighted by Crippen LogP contribution is -2.00. The predicted octanol–water partition coefficient (Wildman–Crippen LogP) is 2.64. The maximum Gasteiger partial charge on any atom is 0.173 e. The summed E-state index contributed by atoms with van der Waals surface area (Å²) in [5.74, 6) is -1.55. The van der Waals surface area contributed by atoms with Gasteiger partial charge in [0.15, 0.2) is 17.5 Å². The Bertz CT molecular complexity index is 543. The molecule has 0 radical (unpaired) electrons. The largest absolute Gasteiger partial charge is 0.326 e. The van der Waals surface area contributed by atoms with Gasteiger partial charge in [-0.2, -0.15) is 0 Å². The fourth-order valence-electron chi connectivity index (χ4n) is 1.30. The molecule has 2 aromatic rings. The van der Waals surface area contributed by atoms with Gasteiger partial charge in [0.05, 0.1) is 4.47 Å². The molecular formula is C11H8BrF2N3. The van der Waals surface area contributed by atoms with Crippen molar-refractivity contribution in [2.75, 3.05) is 0 Å². The molecule has 3 nitrogen and oxygen atoms in total. The van der Waals surface area contributed by atoms with Gasteiger partial charge in [-0.25, -0.2) is 18.7 Å². The van der Waals surface area contributed by atoms with Crippen molar-refractivity contribution < 1.29 is 8.78 Å². The van der Waals surface area contributed by atoms with E-state index in [-0.39, 0.29) is 4.47 Å². The Morgan fingerprint density at radius 3 is 2.41 bits per heavy atom. The van der Waals surface area contributed by atoms with Gasteiger partial charge in [-0.3, -0.25) is 0 Å². The first-order valence-electron chi connectivity index (χ1n) is 4.78. The molecule has 0 aliphatic rings. The third-order valence-corrected chi connectivity index (χ3v) is 2.99. The summed E-state index contributed by atoms with van der Waals surface area (Å²) in [5.41, 5.74) is 6.58. The van der Waals surface area contributed by atoms with Gasteiger partial charge in [0.2, 0.25) is 0 Å². The number of nitrogens with zero attached hydrogens (tertiary/aromatic N) is 2. The molecule has 17 heavy (non-hydrogen) atoms. The van der Waals surface area contributed by atoms with Crippen LogP contribution in [0.4, 0.5) is 8.78 Å². The van der Waals surface area contributed by atoms with E-state index in [1.807, 2.05) is 0 Å². The molecule has 6 heteroatoms. The predicted molar refractivity (Wildman–Crippen MR) is 63.0 cm³/mol. The lowest BCUT2D eigenvalue weighted by Gasteiger charge is -2.05. The van der Waals surface area contributed by atoms with Crippen LogP contribution in [0.15, 0.2) is 29.0 Å². The Hall–Kier alpha value is -1.40. The van der Waals surface area contributed by atoms with Gasteiger partial charge in [0, 0.05) is 30.1 Å². The molecule has 0 aliphatic carbocycles. The van der Waals surface area contributed by atoms with Crippen molar-refractivity contribution in [2.24, 2.45) is 5.73 Å². The average molecular weight is 300 g/mol. The van der Waals surface area contributed by atoms with Crippen molar-refractivity contribution in [1.29, 1.82) is 0 Å². The summed E-state index contributed by atoms with van der Waals surface area (Å²) < 4.78 is 26.3. The van der Waals surface area contributed by atoms with E-state index in [9.17, 15) is 8.78 Å². The molecule has 0 fully saturated rings. The van der Waals surface area contributed by atoms with Crippen LogP contribution in [-0.4, -0.2) is 9.97 Å². The number of hydrogen-bond acceptors (Lipinski definition) is 3. The van der Waals surface area contributed by atoms with E-state index < -0.39 is 11.6 Å². The molecule has 0 aliphatic heterocycles. The molecule has 2 N–H and O–H groups in total. The third kappa shape index (κ3) is 2.32. The lowest BCUT2D eigenvalue weighted by atomic mass is 10.2. The number of aromatic nitrogens is 2. The van der Waals surface area contributed by atoms with E-state index in [1.54, 1.807) is 12.4 Å². The Balaban J connectivity index is 2.49. The molecule has 2 rings (SSSR count). The number of benzene rings is 1. The molecule has 0 atom stereocenters. The topological polar surface area (TPSA) is 51.8 Å². The van der Waals surface area contributed by atoms with Gasteiger partial charge in [0.25, 0.3) is 0 Å². The minimum atomic E-state index is -0.950. The molecule has 1 aromatic heterocycles. The van der Waals surface area contributed by atoms with E-state index in [0.29, 0.717) is 17.9 Å². The van der Waals surface area contributed by atoms with Crippen LogP contribution in [0, 0.1) is 11.6 Å². The highest BCUT2D eigenvalue weighted by Crippen LogP contribution is 2.29. The van der Waals surface area contributed by atoms with Crippen LogP contribution in [0.2, 0.25) is 0 Å². The molecular weight excluding hydrogens is 292 g/mol. The number of halogens is 3. The Kier molecular flexibility index (Phi) is 3.44. The van der Waals surface area contributed by atoms with E-state index in [2.05, 4.69) is 25.9 Å². The maximum atomic E-state index is 13.3. The Morgan fingerprint density at radius 1 is 1.18 bits per heavy atom. The fourth-order valence-corrected chi connectivity index (χ4v) is 1.80. The second-order valence-electron chi connectivity index (χ2n) is 3.34. The molecule has 1 aromatic carbocycles. The van der Waals surface area contributed by atoms with Crippen molar-refractivity contribution in [3.05, 3.63) is 46.2 Å². The molecule has 0 saturated heterocycles. The van der Waals surface area contributed by atoms with Crippen molar-refractivity contribution >= 4 is 15.9 Å². The highest BCUT2D eigenvalue weighted by molar-refractivity contribution is 9.10. The zero-order valence-electron chi connectivity index (χ0n) is 8.62. The summed E-state index contributed by atoms with van der Waals surface area (Å²) in [5, 5.41) is 0. The SMILES string of the molecule is NCc1cnc(-c2ccc(F)c(F)c2Br)nc1. The minimum absolute atomic E-state index is 0.0120. The molecule has 0 unspecified atom stereocenters. The normalized spacial score (nSPS) is 10.6. The van der Waals surface area contributed by atoms with Gasteiger partial charge in [-0.05, 0) is 28.1 Å². The number of nitrogens with two attached hydrogens (primary N) is 1. The summed E-state index contributed by atoms with van der Waals surface area (Å²) in [4.78, 5) is 8.08. The summed E-state index contributed by atoms with van der Waals surface area (Å²) in [6.07, 6.45) is 3.10. The van der Waals surface area contributed by atoms with Crippen LogP contribution in [-0.2, 0) is 6.54 Å². The smallest absolute Gasteiger partial charge is 0.173 e. The standard InChI is InChI=1S/C11H8BrF2N3/c12-9-7(1-2-8(13)10(9)14)11-16-4-6(3-15)5-17-11/h1-2,4-5H,3,15H2. The van der Waals surface area contributed by atoms with Crippen LogP contribution in [0.25, 0.3) is 11.4 Å². The van der Waals surface area contributed by atoms with Gasteiger partial charge >= 0.3 is 0 Å². The first kappa shape index (κ1) is 12.1. The zero-order valence-corrected chi connectivity index (χ0v) is 10.2. The van der Waals surface area contributed by atoms with Gasteiger partial charge in [0.1, 0.15) is 0 Å². The van der Waals surface area contributed by atoms with Crippen LogP contribution >= 0.6 is 15.9 Å². The monoisotopic (exact) mass is 299 g/mol. The highest BCUT2D eigenvalue weighted by atomic mass is 79.9. The second-order valence-corrected chi connectivity index (χ2v) is 4.13.